The van der Waals surface area contributed by atoms with Crippen molar-refractivity contribution in [1.82, 2.24) is 19.3 Å². The van der Waals surface area contributed by atoms with Gasteiger partial charge in [0.05, 0.1) is 0 Å². The lowest BCUT2D eigenvalue weighted by atomic mass is 10.4. The van der Waals surface area contributed by atoms with Crippen molar-refractivity contribution in [3.63, 3.8) is 0 Å². The number of imidazole rings is 1. The highest BCUT2D eigenvalue weighted by atomic mass is 79.9. The summed E-state index contributed by atoms with van der Waals surface area (Å²) in [6.45, 7) is 0.232. The van der Waals surface area contributed by atoms with Crippen LogP contribution in [0.1, 0.15) is 5.82 Å². The molecule has 2 aromatic heterocycles. The Morgan fingerprint density at radius 3 is 2.85 bits per heavy atom. The Labute approximate surface area is 130 Å². The van der Waals surface area contributed by atoms with E-state index in [4.69, 9.17) is 11.6 Å². The van der Waals surface area contributed by atoms with E-state index in [-0.39, 0.29) is 16.6 Å². The summed E-state index contributed by atoms with van der Waals surface area (Å²) >= 11 is 8.99. The summed E-state index contributed by atoms with van der Waals surface area (Å²) in [4.78, 5) is 7.87. The standard InChI is InChI=1S/C11H12BrClN4O2S/c1-17-5-4-14-10(17)2-3-16-20(18,19)9-6-8(12)7-15-11(9)13/h4-7,16H,2-3H2,1H3. The van der Waals surface area contributed by atoms with E-state index in [0.717, 1.165) is 5.82 Å². The first-order valence-corrected chi connectivity index (χ1v) is 8.32. The minimum absolute atomic E-state index is 0.0478. The van der Waals surface area contributed by atoms with Crippen LogP contribution < -0.4 is 4.72 Å². The molecule has 0 amide bonds. The second-order valence-electron chi connectivity index (χ2n) is 4.04. The molecule has 108 valence electrons. The maximum Gasteiger partial charge on any atom is 0.243 e. The molecule has 0 saturated carbocycles. The van der Waals surface area contributed by atoms with Gasteiger partial charge in [-0.25, -0.2) is 23.1 Å². The Morgan fingerprint density at radius 1 is 1.45 bits per heavy atom. The minimum Gasteiger partial charge on any atom is -0.338 e. The van der Waals surface area contributed by atoms with E-state index in [2.05, 4.69) is 30.6 Å². The predicted octanol–water partition coefficient (Wildman–Crippen LogP) is 1.75. The van der Waals surface area contributed by atoms with Crippen molar-refractivity contribution in [3.8, 4) is 0 Å². The number of aromatic nitrogens is 3. The molecule has 20 heavy (non-hydrogen) atoms. The Kier molecular flexibility index (Phi) is 4.79. The number of nitrogens with zero attached hydrogens (tertiary/aromatic N) is 3. The normalized spacial score (nSPS) is 11.8. The molecule has 6 nitrogen and oxygen atoms in total. The van der Waals surface area contributed by atoms with E-state index in [1.165, 1.54) is 12.3 Å². The van der Waals surface area contributed by atoms with Gasteiger partial charge >= 0.3 is 0 Å². The SMILES string of the molecule is Cn1ccnc1CCNS(=O)(=O)c1cc(Br)cnc1Cl. The predicted molar refractivity (Wildman–Crippen MR) is 79.0 cm³/mol. The molecule has 2 rings (SSSR count). The molecule has 0 aliphatic carbocycles. The lowest BCUT2D eigenvalue weighted by Gasteiger charge is -2.08. The van der Waals surface area contributed by atoms with Crippen LogP contribution in [0.3, 0.4) is 0 Å². The third-order valence-electron chi connectivity index (χ3n) is 2.62. The number of sulfonamides is 1. The van der Waals surface area contributed by atoms with E-state index in [0.29, 0.717) is 10.9 Å². The van der Waals surface area contributed by atoms with Crippen molar-refractivity contribution in [3.05, 3.63) is 40.1 Å². The zero-order chi connectivity index (χ0) is 14.8. The molecule has 2 heterocycles. The van der Waals surface area contributed by atoms with E-state index in [1.807, 2.05) is 11.6 Å². The first-order chi connectivity index (χ1) is 9.40. The Hall–Kier alpha value is -0.960. The molecule has 0 atom stereocenters. The summed E-state index contributed by atoms with van der Waals surface area (Å²) < 4.78 is 29.1. The van der Waals surface area contributed by atoms with Gasteiger partial charge in [-0.2, -0.15) is 0 Å². The number of hydrogen-bond acceptors (Lipinski definition) is 4. The molecule has 0 radical (unpaired) electrons. The van der Waals surface area contributed by atoms with Crippen molar-refractivity contribution < 1.29 is 8.42 Å². The van der Waals surface area contributed by atoms with Crippen LogP contribution in [0.5, 0.6) is 0 Å². The van der Waals surface area contributed by atoms with Gasteiger partial charge in [0.2, 0.25) is 10.0 Å². The average Bonchev–Trinajstić information content (AvgIpc) is 2.78. The van der Waals surface area contributed by atoms with Gasteiger partial charge in [0.15, 0.2) is 0 Å². The summed E-state index contributed by atoms with van der Waals surface area (Å²) in [6, 6.07) is 1.42. The molecule has 0 spiro atoms. The number of hydrogen-bond donors (Lipinski definition) is 1. The van der Waals surface area contributed by atoms with Gasteiger partial charge in [-0.1, -0.05) is 11.6 Å². The summed E-state index contributed by atoms with van der Waals surface area (Å²) in [6.07, 6.45) is 5.40. The summed E-state index contributed by atoms with van der Waals surface area (Å²) in [5.41, 5.74) is 0. The fourth-order valence-corrected chi connectivity index (χ4v) is 3.58. The maximum atomic E-state index is 12.1. The number of rotatable bonds is 5. The van der Waals surface area contributed by atoms with Gasteiger partial charge in [0.25, 0.3) is 0 Å². The maximum absolute atomic E-state index is 12.1. The minimum atomic E-state index is -3.69. The number of halogens is 2. The molecular formula is C11H12BrClN4O2S. The van der Waals surface area contributed by atoms with Crippen molar-refractivity contribution >= 4 is 37.6 Å². The fourth-order valence-electron chi connectivity index (χ4n) is 1.60. The Bertz CT molecular complexity index is 717. The molecule has 0 unspecified atom stereocenters. The van der Waals surface area contributed by atoms with E-state index < -0.39 is 10.0 Å². The topological polar surface area (TPSA) is 76.9 Å². The molecule has 0 bridgehead atoms. The molecule has 2 aromatic rings. The van der Waals surface area contributed by atoms with Crippen LogP contribution in [-0.2, 0) is 23.5 Å². The zero-order valence-electron chi connectivity index (χ0n) is 10.5. The number of pyridine rings is 1. The summed E-state index contributed by atoms with van der Waals surface area (Å²) in [5, 5.41) is -0.0577. The number of aryl methyl sites for hydroxylation is 1. The van der Waals surface area contributed by atoms with Gasteiger partial charge < -0.3 is 4.57 Å². The molecular weight excluding hydrogens is 368 g/mol. The first kappa shape index (κ1) is 15.4. The van der Waals surface area contributed by atoms with Gasteiger partial charge in [-0.05, 0) is 22.0 Å². The number of nitrogens with one attached hydrogen (secondary N) is 1. The summed E-state index contributed by atoms with van der Waals surface area (Å²) in [7, 11) is -1.84. The highest BCUT2D eigenvalue weighted by molar-refractivity contribution is 9.10. The third kappa shape index (κ3) is 3.57. The zero-order valence-corrected chi connectivity index (χ0v) is 13.7. The van der Waals surface area contributed by atoms with Crippen LogP contribution in [0, 0.1) is 0 Å². The first-order valence-electron chi connectivity index (χ1n) is 5.67. The van der Waals surface area contributed by atoms with Gasteiger partial charge in [0, 0.05) is 43.1 Å². The van der Waals surface area contributed by atoms with Gasteiger partial charge in [-0.3, -0.25) is 0 Å². The molecule has 0 saturated heterocycles. The smallest absolute Gasteiger partial charge is 0.243 e. The van der Waals surface area contributed by atoms with Gasteiger partial charge in [-0.15, -0.1) is 0 Å². The Balaban J connectivity index is 2.08. The van der Waals surface area contributed by atoms with E-state index in [1.54, 1.807) is 12.4 Å². The highest BCUT2D eigenvalue weighted by Gasteiger charge is 2.19. The van der Waals surface area contributed by atoms with E-state index >= 15 is 0 Å². The largest absolute Gasteiger partial charge is 0.338 e. The van der Waals surface area contributed by atoms with Crippen molar-refractivity contribution in [1.29, 1.82) is 0 Å². The van der Waals surface area contributed by atoms with Crippen LogP contribution in [0.15, 0.2) is 34.0 Å². The van der Waals surface area contributed by atoms with Crippen molar-refractivity contribution in [2.75, 3.05) is 6.54 Å². The monoisotopic (exact) mass is 378 g/mol. The lowest BCUT2D eigenvalue weighted by molar-refractivity contribution is 0.579. The third-order valence-corrected chi connectivity index (χ3v) is 4.95. The van der Waals surface area contributed by atoms with Crippen LogP contribution >= 0.6 is 27.5 Å². The highest BCUT2D eigenvalue weighted by Crippen LogP contribution is 2.22. The van der Waals surface area contributed by atoms with Crippen LogP contribution in [0.4, 0.5) is 0 Å². The quantitative estimate of drug-likeness (QED) is 0.803. The molecule has 0 fully saturated rings. The van der Waals surface area contributed by atoms with Crippen molar-refractivity contribution in [2.24, 2.45) is 7.05 Å². The second kappa shape index (κ2) is 6.21. The molecule has 0 aliphatic rings. The molecule has 9 heteroatoms. The Morgan fingerprint density at radius 2 is 2.20 bits per heavy atom. The van der Waals surface area contributed by atoms with Crippen LogP contribution in [0.25, 0.3) is 0 Å². The second-order valence-corrected chi connectivity index (χ2v) is 7.05. The fraction of sp³-hybridized carbons (Fsp3) is 0.273. The summed E-state index contributed by atoms with van der Waals surface area (Å²) in [5.74, 6) is 0.797. The molecule has 0 aliphatic heterocycles. The molecule has 0 aromatic carbocycles. The van der Waals surface area contributed by atoms with Crippen molar-refractivity contribution in [2.45, 2.75) is 11.3 Å². The van der Waals surface area contributed by atoms with Crippen LogP contribution in [-0.4, -0.2) is 29.5 Å². The molecule has 1 N–H and O–H groups in total. The van der Waals surface area contributed by atoms with E-state index in [9.17, 15) is 8.42 Å². The van der Waals surface area contributed by atoms with Gasteiger partial charge in [0.1, 0.15) is 15.9 Å². The average molecular weight is 380 g/mol. The van der Waals surface area contributed by atoms with Crippen LogP contribution in [0.2, 0.25) is 5.15 Å². The lowest BCUT2D eigenvalue weighted by Crippen LogP contribution is -2.27.